The van der Waals surface area contributed by atoms with Crippen LogP contribution in [-0.4, -0.2) is 17.1 Å². The molecular weight excluding hydrogens is 449 g/mol. The predicted molar refractivity (Wildman–Crippen MR) is 131 cm³/mol. The molecule has 1 aliphatic heterocycles. The molecular formula is C27H22FN3O2S. The number of carbonyl (C=O) groups excluding carboxylic acids is 2. The van der Waals surface area contributed by atoms with Crippen molar-refractivity contribution in [3.05, 3.63) is 112 Å². The Morgan fingerprint density at radius 3 is 2.41 bits per heavy atom. The molecule has 0 bridgehead atoms. The third-order valence-electron chi connectivity index (χ3n) is 5.55. The van der Waals surface area contributed by atoms with E-state index < -0.39 is 17.0 Å². The Morgan fingerprint density at radius 2 is 1.74 bits per heavy atom. The van der Waals surface area contributed by atoms with Crippen molar-refractivity contribution < 1.29 is 14.0 Å². The molecule has 7 heteroatoms. The molecule has 0 saturated carbocycles. The smallest absolute Gasteiger partial charge is 0.264 e. The number of rotatable bonds is 6. The summed E-state index contributed by atoms with van der Waals surface area (Å²) in [7, 11) is 0. The van der Waals surface area contributed by atoms with E-state index in [-0.39, 0.29) is 23.1 Å². The zero-order valence-electron chi connectivity index (χ0n) is 18.5. The summed E-state index contributed by atoms with van der Waals surface area (Å²) in [5.74, 6) is -1.25. The van der Waals surface area contributed by atoms with Crippen LogP contribution in [-0.2, 0) is 22.6 Å². The number of benzene rings is 3. The van der Waals surface area contributed by atoms with Gasteiger partial charge in [-0.3, -0.25) is 14.5 Å². The van der Waals surface area contributed by atoms with E-state index in [4.69, 9.17) is 0 Å². The number of nitrogens with one attached hydrogen (secondary N) is 1. The molecule has 1 atom stereocenters. The standard InChI is InChI=1S/C27H22FN3O2S/c1-18-7-5-6-10-20(18)15-24-26(33)31(22-13-11-21(28)12-14-22)27(34-24)23(16-29)25(32)30-17-19-8-3-2-4-9-19/h2-14,24H,15,17H2,1H3,(H,30,32)/b27-23-/t24-/m1/s1. The van der Waals surface area contributed by atoms with Gasteiger partial charge in [-0.25, -0.2) is 4.39 Å². The van der Waals surface area contributed by atoms with Crippen molar-refractivity contribution in [2.24, 2.45) is 0 Å². The molecule has 1 fully saturated rings. The Hall–Kier alpha value is -3.89. The molecule has 0 unspecified atom stereocenters. The molecule has 1 aliphatic rings. The van der Waals surface area contributed by atoms with Gasteiger partial charge >= 0.3 is 0 Å². The van der Waals surface area contributed by atoms with Gasteiger partial charge in [0.15, 0.2) is 0 Å². The van der Waals surface area contributed by atoms with E-state index in [1.54, 1.807) is 0 Å². The SMILES string of the molecule is Cc1ccccc1C[C@H]1S/C(=C(/C#N)C(=O)NCc2ccccc2)N(c2ccc(F)cc2)C1=O. The number of halogens is 1. The number of thioether (sulfide) groups is 1. The Balaban J connectivity index is 1.68. The van der Waals surface area contributed by atoms with Gasteiger partial charge in [0, 0.05) is 12.2 Å². The van der Waals surface area contributed by atoms with Crippen LogP contribution >= 0.6 is 11.8 Å². The Morgan fingerprint density at radius 1 is 1.06 bits per heavy atom. The normalized spacial score (nSPS) is 16.8. The van der Waals surface area contributed by atoms with Crippen LogP contribution in [0.25, 0.3) is 0 Å². The second-order valence-electron chi connectivity index (χ2n) is 7.85. The lowest BCUT2D eigenvalue weighted by Crippen LogP contribution is -2.32. The maximum absolute atomic E-state index is 13.6. The van der Waals surface area contributed by atoms with E-state index in [2.05, 4.69) is 5.32 Å². The van der Waals surface area contributed by atoms with Crippen molar-refractivity contribution >= 4 is 29.3 Å². The van der Waals surface area contributed by atoms with Gasteiger partial charge in [-0.05, 0) is 54.3 Å². The first-order valence-electron chi connectivity index (χ1n) is 10.7. The van der Waals surface area contributed by atoms with Crippen molar-refractivity contribution in [3.63, 3.8) is 0 Å². The number of aryl methyl sites for hydroxylation is 1. The van der Waals surface area contributed by atoms with Crippen LogP contribution in [0.1, 0.15) is 16.7 Å². The number of anilines is 1. The minimum absolute atomic E-state index is 0.147. The highest BCUT2D eigenvalue weighted by molar-refractivity contribution is 8.05. The molecule has 0 aromatic heterocycles. The fourth-order valence-corrected chi connectivity index (χ4v) is 5.01. The van der Waals surface area contributed by atoms with Crippen LogP contribution in [0.5, 0.6) is 0 Å². The first-order chi connectivity index (χ1) is 16.5. The minimum atomic E-state index is -0.565. The maximum Gasteiger partial charge on any atom is 0.264 e. The lowest BCUT2D eigenvalue weighted by Gasteiger charge is -2.18. The largest absolute Gasteiger partial charge is 0.347 e. The molecule has 4 rings (SSSR count). The summed E-state index contributed by atoms with van der Waals surface area (Å²) in [5, 5.41) is 12.4. The van der Waals surface area contributed by atoms with Crippen molar-refractivity contribution in [2.45, 2.75) is 25.1 Å². The molecule has 170 valence electrons. The van der Waals surface area contributed by atoms with E-state index in [1.165, 1.54) is 40.9 Å². The molecule has 3 aromatic carbocycles. The van der Waals surface area contributed by atoms with Gasteiger partial charge in [-0.2, -0.15) is 5.26 Å². The van der Waals surface area contributed by atoms with Crippen LogP contribution in [0, 0.1) is 24.1 Å². The van der Waals surface area contributed by atoms with Gasteiger partial charge in [0.25, 0.3) is 5.91 Å². The molecule has 0 spiro atoms. The Labute approximate surface area is 201 Å². The van der Waals surface area contributed by atoms with Gasteiger partial charge in [0.2, 0.25) is 5.91 Å². The summed E-state index contributed by atoms with van der Waals surface area (Å²) in [4.78, 5) is 27.8. The summed E-state index contributed by atoms with van der Waals surface area (Å²) in [6, 6.07) is 24.6. The highest BCUT2D eigenvalue weighted by Gasteiger charge is 2.41. The second-order valence-corrected chi connectivity index (χ2v) is 9.04. The number of hydrogen-bond donors (Lipinski definition) is 1. The molecule has 5 nitrogen and oxygen atoms in total. The molecule has 0 aliphatic carbocycles. The number of hydrogen-bond acceptors (Lipinski definition) is 4. The van der Waals surface area contributed by atoms with Gasteiger partial charge in [0.1, 0.15) is 22.5 Å². The van der Waals surface area contributed by atoms with Crippen molar-refractivity contribution in [1.82, 2.24) is 5.32 Å². The fourth-order valence-electron chi connectivity index (χ4n) is 3.72. The van der Waals surface area contributed by atoms with Crippen LogP contribution in [0.2, 0.25) is 0 Å². The lowest BCUT2D eigenvalue weighted by atomic mass is 10.0. The Kier molecular flexibility index (Phi) is 7.09. The van der Waals surface area contributed by atoms with E-state index >= 15 is 0 Å². The van der Waals surface area contributed by atoms with Crippen molar-refractivity contribution in [2.75, 3.05) is 4.90 Å². The third-order valence-corrected chi connectivity index (χ3v) is 6.82. The van der Waals surface area contributed by atoms with Crippen LogP contribution in [0.3, 0.4) is 0 Å². The topological polar surface area (TPSA) is 73.2 Å². The predicted octanol–water partition coefficient (Wildman–Crippen LogP) is 4.88. The summed E-state index contributed by atoms with van der Waals surface area (Å²) in [6.07, 6.45) is 0.446. The highest BCUT2D eigenvalue weighted by Crippen LogP contribution is 2.42. The summed E-state index contributed by atoms with van der Waals surface area (Å²) in [5.41, 5.74) is 3.22. The molecule has 1 N–H and O–H groups in total. The molecule has 0 radical (unpaired) electrons. The third kappa shape index (κ3) is 5.03. The number of carbonyl (C=O) groups is 2. The quantitative estimate of drug-likeness (QED) is 0.411. The monoisotopic (exact) mass is 471 g/mol. The highest BCUT2D eigenvalue weighted by atomic mass is 32.2. The van der Waals surface area contributed by atoms with Crippen LogP contribution in [0.4, 0.5) is 10.1 Å². The fraction of sp³-hybridized carbons (Fsp3) is 0.148. The zero-order chi connectivity index (χ0) is 24.1. The number of nitriles is 1. The van der Waals surface area contributed by atoms with Gasteiger partial charge in [0.05, 0.1) is 5.25 Å². The van der Waals surface area contributed by atoms with E-state index in [9.17, 15) is 19.2 Å². The van der Waals surface area contributed by atoms with Crippen molar-refractivity contribution in [1.29, 1.82) is 5.26 Å². The molecule has 3 aromatic rings. The summed E-state index contributed by atoms with van der Waals surface area (Å²) >= 11 is 1.19. The van der Waals surface area contributed by atoms with E-state index in [0.29, 0.717) is 12.1 Å². The van der Waals surface area contributed by atoms with E-state index in [0.717, 1.165) is 16.7 Å². The number of nitrogens with zero attached hydrogens (tertiary/aromatic N) is 2. The van der Waals surface area contributed by atoms with Gasteiger partial charge in [-0.1, -0.05) is 66.4 Å². The molecule has 1 saturated heterocycles. The van der Waals surface area contributed by atoms with E-state index in [1.807, 2.05) is 67.6 Å². The second kappa shape index (κ2) is 10.4. The molecule has 2 amide bonds. The first kappa shape index (κ1) is 23.3. The number of amides is 2. The minimum Gasteiger partial charge on any atom is -0.347 e. The van der Waals surface area contributed by atoms with Crippen LogP contribution in [0.15, 0.2) is 89.5 Å². The molecule has 34 heavy (non-hydrogen) atoms. The lowest BCUT2D eigenvalue weighted by molar-refractivity contribution is -0.117. The summed E-state index contributed by atoms with van der Waals surface area (Å²) in [6.45, 7) is 2.23. The zero-order valence-corrected chi connectivity index (χ0v) is 19.3. The van der Waals surface area contributed by atoms with Gasteiger partial charge < -0.3 is 5.32 Å². The summed E-state index contributed by atoms with van der Waals surface area (Å²) < 4.78 is 13.6. The maximum atomic E-state index is 13.6. The van der Waals surface area contributed by atoms with Crippen LogP contribution < -0.4 is 10.2 Å². The van der Waals surface area contributed by atoms with Gasteiger partial charge in [-0.15, -0.1) is 0 Å². The Bertz CT molecular complexity index is 1280. The average Bonchev–Trinajstić information content (AvgIpc) is 3.16. The average molecular weight is 472 g/mol. The first-order valence-corrected chi connectivity index (χ1v) is 11.6. The van der Waals surface area contributed by atoms with Crippen molar-refractivity contribution in [3.8, 4) is 6.07 Å². The molecule has 1 heterocycles.